The molecule has 2 rings (SSSR count). The van der Waals surface area contributed by atoms with Gasteiger partial charge < -0.3 is 15.4 Å². The van der Waals surface area contributed by atoms with Crippen LogP contribution in [0.15, 0.2) is 48.5 Å². The van der Waals surface area contributed by atoms with Gasteiger partial charge in [0.25, 0.3) is 11.8 Å². The van der Waals surface area contributed by atoms with Gasteiger partial charge in [-0.25, -0.2) is 0 Å². The third kappa shape index (κ3) is 6.13. The van der Waals surface area contributed by atoms with Gasteiger partial charge in [-0.3, -0.25) is 9.59 Å². The molecule has 0 aliphatic rings. The van der Waals surface area contributed by atoms with Gasteiger partial charge in [0.15, 0.2) is 6.61 Å². The summed E-state index contributed by atoms with van der Waals surface area (Å²) in [4.78, 5) is 23.9. The van der Waals surface area contributed by atoms with Crippen LogP contribution in [0.1, 0.15) is 61.1 Å². The molecule has 0 spiro atoms. The summed E-state index contributed by atoms with van der Waals surface area (Å²) in [6.45, 7) is 8.66. The van der Waals surface area contributed by atoms with E-state index in [1.807, 2.05) is 13.8 Å². The van der Waals surface area contributed by atoms with Crippen molar-refractivity contribution in [2.75, 3.05) is 13.2 Å². The van der Waals surface area contributed by atoms with E-state index in [1.165, 1.54) is 5.56 Å². The molecule has 0 heterocycles. The predicted molar refractivity (Wildman–Crippen MR) is 107 cm³/mol. The summed E-state index contributed by atoms with van der Waals surface area (Å²) in [5.74, 6) is 0.718. The van der Waals surface area contributed by atoms with Crippen molar-refractivity contribution in [1.29, 1.82) is 0 Å². The minimum absolute atomic E-state index is 0.0389. The summed E-state index contributed by atoms with van der Waals surface area (Å²) >= 11 is 0. The molecule has 5 nitrogen and oxygen atoms in total. The molecular weight excluding hydrogens is 340 g/mol. The number of ether oxygens (including phenoxy) is 1. The topological polar surface area (TPSA) is 67.4 Å². The standard InChI is InChI=1S/C22H28N2O3/c1-5-23-21(25)14-27-20-12-10-19(11-13-20)22(26)24-16(4)18-8-6-17(7-9-18)15(2)3/h6-13,15-16H,5,14H2,1-4H3,(H,23,25)(H,24,26). The molecule has 0 radical (unpaired) electrons. The molecule has 2 aromatic carbocycles. The van der Waals surface area contributed by atoms with Gasteiger partial charge in [0, 0.05) is 12.1 Å². The predicted octanol–water partition coefficient (Wildman–Crippen LogP) is 3.82. The summed E-state index contributed by atoms with van der Waals surface area (Å²) in [5.41, 5.74) is 2.89. The third-order valence-corrected chi connectivity index (χ3v) is 4.31. The lowest BCUT2D eigenvalue weighted by atomic mass is 9.99. The maximum atomic E-state index is 12.5. The Bertz CT molecular complexity index is 752. The van der Waals surface area contributed by atoms with Gasteiger partial charge in [-0.05, 0) is 55.2 Å². The van der Waals surface area contributed by atoms with Crippen molar-refractivity contribution in [3.63, 3.8) is 0 Å². The van der Waals surface area contributed by atoms with Crippen molar-refractivity contribution in [3.8, 4) is 5.75 Å². The molecule has 0 aliphatic heterocycles. The molecule has 0 aromatic heterocycles. The molecule has 1 atom stereocenters. The number of carbonyl (C=O) groups is 2. The van der Waals surface area contributed by atoms with Gasteiger partial charge >= 0.3 is 0 Å². The van der Waals surface area contributed by atoms with E-state index in [4.69, 9.17) is 4.74 Å². The van der Waals surface area contributed by atoms with Crippen LogP contribution in [0.4, 0.5) is 0 Å². The van der Waals surface area contributed by atoms with Crippen LogP contribution in [0.2, 0.25) is 0 Å². The largest absolute Gasteiger partial charge is 0.484 e. The monoisotopic (exact) mass is 368 g/mol. The summed E-state index contributed by atoms with van der Waals surface area (Å²) in [7, 11) is 0. The number of carbonyl (C=O) groups excluding carboxylic acids is 2. The zero-order chi connectivity index (χ0) is 19.8. The lowest BCUT2D eigenvalue weighted by molar-refractivity contribution is -0.122. The summed E-state index contributed by atoms with van der Waals surface area (Å²) in [5, 5.41) is 5.67. The van der Waals surface area contributed by atoms with E-state index >= 15 is 0 Å². The zero-order valence-electron chi connectivity index (χ0n) is 16.4. The first-order valence-electron chi connectivity index (χ1n) is 9.31. The Morgan fingerprint density at radius 3 is 2.07 bits per heavy atom. The third-order valence-electron chi connectivity index (χ3n) is 4.31. The maximum absolute atomic E-state index is 12.5. The molecule has 27 heavy (non-hydrogen) atoms. The normalized spacial score (nSPS) is 11.7. The van der Waals surface area contributed by atoms with E-state index in [0.717, 1.165) is 5.56 Å². The van der Waals surface area contributed by atoms with Gasteiger partial charge in [-0.1, -0.05) is 38.1 Å². The van der Waals surface area contributed by atoms with Gasteiger partial charge in [0.2, 0.25) is 0 Å². The lowest BCUT2D eigenvalue weighted by Crippen LogP contribution is -2.28. The Morgan fingerprint density at radius 2 is 1.52 bits per heavy atom. The molecule has 0 saturated carbocycles. The van der Waals surface area contributed by atoms with Gasteiger partial charge in [-0.15, -0.1) is 0 Å². The average Bonchev–Trinajstić information content (AvgIpc) is 2.67. The van der Waals surface area contributed by atoms with Gasteiger partial charge in [0.05, 0.1) is 6.04 Å². The van der Waals surface area contributed by atoms with Crippen molar-refractivity contribution in [1.82, 2.24) is 10.6 Å². The van der Waals surface area contributed by atoms with E-state index in [9.17, 15) is 9.59 Å². The molecule has 5 heteroatoms. The van der Waals surface area contributed by atoms with Crippen LogP contribution in [0.5, 0.6) is 5.75 Å². The lowest BCUT2D eigenvalue weighted by Gasteiger charge is -2.16. The highest BCUT2D eigenvalue weighted by atomic mass is 16.5. The number of benzene rings is 2. The SMILES string of the molecule is CCNC(=O)COc1ccc(C(=O)NC(C)c2ccc(C(C)C)cc2)cc1. The summed E-state index contributed by atoms with van der Waals surface area (Å²) in [6, 6.07) is 15.0. The second-order valence-electron chi connectivity index (χ2n) is 6.78. The minimum Gasteiger partial charge on any atom is -0.484 e. The first-order chi connectivity index (χ1) is 12.9. The quantitative estimate of drug-likeness (QED) is 0.744. The number of hydrogen-bond acceptors (Lipinski definition) is 3. The first-order valence-corrected chi connectivity index (χ1v) is 9.31. The number of nitrogens with one attached hydrogen (secondary N) is 2. The van der Waals surface area contributed by atoms with Crippen LogP contribution in [-0.4, -0.2) is 25.0 Å². The van der Waals surface area contributed by atoms with E-state index < -0.39 is 0 Å². The van der Waals surface area contributed by atoms with Crippen LogP contribution in [-0.2, 0) is 4.79 Å². The van der Waals surface area contributed by atoms with Gasteiger partial charge in [0.1, 0.15) is 5.75 Å². The molecule has 2 N–H and O–H groups in total. The van der Waals surface area contributed by atoms with E-state index in [2.05, 4.69) is 48.7 Å². The maximum Gasteiger partial charge on any atom is 0.257 e. The molecule has 144 valence electrons. The fourth-order valence-corrected chi connectivity index (χ4v) is 2.63. The fraction of sp³-hybridized carbons (Fsp3) is 0.364. The van der Waals surface area contributed by atoms with Crippen LogP contribution in [0, 0.1) is 0 Å². The molecule has 0 fully saturated rings. The molecular formula is C22H28N2O3. The molecule has 0 aliphatic carbocycles. The number of hydrogen-bond donors (Lipinski definition) is 2. The molecule has 0 bridgehead atoms. The highest BCUT2D eigenvalue weighted by Gasteiger charge is 2.12. The van der Waals surface area contributed by atoms with Crippen molar-refractivity contribution < 1.29 is 14.3 Å². The fourth-order valence-electron chi connectivity index (χ4n) is 2.63. The summed E-state index contributed by atoms with van der Waals surface area (Å²) < 4.78 is 5.39. The van der Waals surface area contributed by atoms with Crippen LogP contribution < -0.4 is 15.4 Å². The Balaban J connectivity index is 1.92. The Hall–Kier alpha value is -2.82. The number of likely N-dealkylation sites (N-methyl/N-ethyl adjacent to an activating group) is 1. The second-order valence-corrected chi connectivity index (χ2v) is 6.78. The Kier molecular flexibility index (Phi) is 7.41. The van der Waals surface area contributed by atoms with E-state index in [-0.39, 0.29) is 24.5 Å². The Labute approximate surface area is 161 Å². The van der Waals surface area contributed by atoms with Gasteiger partial charge in [-0.2, -0.15) is 0 Å². The second kappa shape index (κ2) is 9.76. The van der Waals surface area contributed by atoms with Crippen molar-refractivity contribution >= 4 is 11.8 Å². The molecule has 1 unspecified atom stereocenters. The van der Waals surface area contributed by atoms with Crippen molar-refractivity contribution in [3.05, 3.63) is 65.2 Å². The highest BCUT2D eigenvalue weighted by molar-refractivity contribution is 5.94. The average molecular weight is 368 g/mol. The molecule has 0 saturated heterocycles. The number of rotatable bonds is 8. The van der Waals surface area contributed by atoms with Crippen molar-refractivity contribution in [2.24, 2.45) is 0 Å². The zero-order valence-corrected chi connectivity index (χ0v) is 16.4. The van der Waals surface area contributed by atoms with E-state index in [0.29, 0.717) is 23.8 Å². The molecule has 2 amide bonds. The molecule has 2 aromatic rings. The Morgan fingerprint density at radius 1 is 0.926 bits per heavy atom. The summed E-state index contributed by atoms with van der Waals surface area (Å²) in [6.07, 6.45) is 0. The number of amides is 2. The first kappa shape index (κ1) is 20.5. The van der Waals surface area contributed by atoms with Crippen LogP contribution in [0.25, 0.3) is 0 Å². The van der Waals surface area contributed by atoms with Crippen LogP contribution in [0.3, 0.4) is 0 Å². The van der Waals surface area contributed by atoms with E-state index in [1.54, 1.807) is 24.3 Å². The highest BCUT2D eigenvalue weighted by Crippen LogP contribution is 2.19. The van der Waals surface area contributed by atoms with Crippen LogP contribution >= 0.6 is 0 Å². The smallest absolute Gasteiger partial charge is 0.257 e. The van der Waals surface area contributed by atoms with Crippen molar-refractivity contribution in [2.45, 2.75) is 39.7 Å². The minimum atomic E-state index is -0.170.